The van der Waals surface area contributed by atoms with Crippen LogP contribution in [0.3, 0.4) is 0 Å². The molecule has 0 spiro atoms. The van der Waals surface area contributed by atoms with Crippen LogP contribution in [0, 0.1) is 6.92 Å². The van der Waals surface area contributed by atoms with E-state index in [4.69, 9.17) is 11.6 Å². The highest BCUT2D eigenvalue weighted by molar-refractivity contribution is 7.92. The molecule has 0 atom stereocenters. The van der Waals surface area contributed by atoms with Gasteiger partial charge in [-0.3, -0.25) is 14.3 Å². The number of halogens is 1. The molecule has 34 heavy (non-hydrogen) atoms. The number of H-pyrrole nitrogens is 4. The first-order valence-electron chi connectivity index (χ1n) is 9.92. The van der Waals surface area contributed by atoms with Crippen molar-refractivity contribution in [3.8, 4) is 11.1 Å². The van der Waals surface area contributed by atoms with Gasteiger partial charge in [-0.2, -0.15) is 0 Å². The number of aryl methyl sites for hydroxylation is 1. The van der Waals surface area contributed by atoms with Crippen LogP contribution in [0.15, 0.2) is 67.8 Å². The molecule has 5 N–H and O–H groups in total. The van der Waals surface area contributed by atoms with Crippen molar-refractivity contribution < 1.29 is 8.42 Å². The number of aromatic nitrogens is 4. The van der Waals surface area contributed by atoms with Gasteiger partial charge in [-0.15, -0.1) is 0 Å². The van der Waals surface area contributed by atoms with Gasteiger partial charge in [0.05, 0.1) is 37.7 Å². The Bertz CT molecular complexity index is 1900. The Morgan fingerprint density at radius 1 is 0.765 bits per heavy atom. The van der Waals surface area contributed by atoms with Crippen molar-refractivity contribution in [2.45, 2.75) is 11.8 Å². The molecule has 10 nitrogen and oxygen atoms in total. The Morgan fingerprint density at radius 2 is 1.41 bits per heavy atom. The second kappa shape index (κ2) is 7.75. The molecule has 0 amide bonds. The van der Waals surface area contributed by atoms with Crippen molar-refractivity contribution in [2.75, 3.05) is 4.72 Å². The highest BCUT2D eigenvalue weighted by Gasteiger charge is 2.19. The van der Waals surface area contributed by atoms with Crippen LogP contribution in [0.1, 0.15) is 5.56 Å². The van der Waals surface area contributed by atoms with Crippen molar-refractivity contribution in [2.24, 2.45) is 0 Å². The Kier molecular flexibility index (Phi) is 4.95. The summed E-state index contributed by atoms with van der Waals surface area (Å²) in [7, 11) is -4.05. The van der Waals surface area contributed by atoms with Gasteiger partial charge in [0, 0.05) is 5.56 Å². The van der Waals surface area contributed by atoms with Crippen LogP contribution in [-0.2, 0) is 10.0 Å². The first kappa shape index (κ1) is 21.7. The third kappa shape index (κ3) is 3.80. The average Bonchev–Trinajstić information content (AvgIpc) is 3.13. The summed E-state index contributed by atoms with van der Waals surface area (Å²) in [5, 5.41) is 0.301. The molecule has 0 aliphatic rings. The fraction of sp³-hybridized carbons (Fsp3) is 0.0455. The molecule has 3 aromatic carbocycles. The van der Waals surface area contributed by atoms with Gasteiger partial charge in [0.25, 0.3) is 10.0 Å². The molecular formula is C22H16ClN5O5S. The Hall–Kier alpha value is -4.09. The van der Waals surface area contributed by atoms with E-state index >= 15 is 0 Å². The smallest absolute Gasteiger partial charge is 0.316 e. The molecule has 5 rings (SSSR count). The third-order valence-corrected chi connectivity index (χ3v) is 7.19. The molecule has 0 fully saturated rings. The summed E-state index contributed by atoms with van der Waals surface area (Å²) in [5.74, 6) is 0. The lowest BCUT2D eigenvalue weighted by molar-refractivity contribution is 0.600. The molecule has 12 heteroatoms. The number of hydrogen-bond acceptors (Lipinski definition) is 5. The maximum atomic E-state index is 13.1. The molecule has 0 bridgehead atoms. The predicted molar refractivity (Wildman–Crippen MR) is 130 cm³/mol. The van der Waals surface area contributed by atoms with Gasteiger partial charge in [0.15, 0.2) is 0 Å². The van der Waals surface area contributed by atoms with Crippen LogP contribution in [0.5, 0.6) is 0 Å². The maximum Gasteiger partial charge on any atom is 0.323 e. The van der Waals surface area contributed by atoms with Crippen molar-refractivity contribution in [1.29, 1.82) is 0 Å². The molecule has 0 saturated carbocycles. The minimum absolute atomic E-state index is 0.0650. The molecule has 5 aromatic rings. The van der Waals surface area contributed by atoms with Crippen molar-refractivity contribution >= 4 is 49.4 Å². The molecule has 0 saturated heterocycles. The van der Waals surface area contributed by atoms with Gasteiger partial charge >= 0.3 is 16.8 Å². The minimum Gasteiger partial charge on any atom is -0.316 e. The normalized spacial score (nSPS) is 11.8. The second-order valence-corrected chi connectivity index (χ2v) is 9.77. The third-order valence-electron chi connectivity index (χ3n) is 5.36. The average molecular weight is 498 g/mol. The van der Waals surface area contributed by atoms with Crippen LogP contribution < -0.4 is 21.5 Å². The first-order chi connectivity index (χ1) is 16.1. The van der Waals surface area contributed by atoms with Crippen LogP contribution in [0.25, 0.3) is 33.2 Å². The number of nitrogens with one attached hydrogen (secondary N) is 5. The van der Waals surface area contributed by atoms with Gasteiger partial charge in [-0.1, -0.05) is 23.7 Å². The second-order valence-electron chi connectivity index (χ2n) is 7.71. The molecule has 2 heterocycles. The molecule has 0 aliphatic carbocycles. The van der Waals surface area contributed by atoms with Crippen LogP contribution in [-0.4, -0.2) is 28.4 Å². The summed E-state index contributed by atoms with van der Waals surface area (Å²) < 4.78 is 28.6. The number of aromatic amines is 4. The van der Waals surface area contributed by atoms with E-state index < -0.39 is 21.1 Å². The predicted octanol–water partition coefficient (Wildman–Crippen LogP) is 2.82. The monoisotopic (exact) mass is 497 g/mol. The lowest BCUT2D eigenvalue weighted by Gasteiger charge is -2.13. The fourth-order valence-corrected chi connectivity index (χ4v) is 5.36. The number of hydrogen-bond donors (Lipinski definition) is 5. The van der Waals surface area contributed by atoms with E-state index in [1.54, 1.807) is 37.3 Å². The van der Waals surface area contributed by atoms with Crippen molar-refractivity contribution in [3.63, 3.8) is 0 Å². The Balaban J connectivity index is 1.50. The molecular weight excluding hydrogens is 482 g/mol. The molecule has 172 valence electrons. The van der Waals surface area contributed by atoms with E-state index in [0.717, 1.165) is 5.56 Å². The lowest BCUT2D eigenvalue weighted by Crippen LogP contribution is -2.29. The lowest BCUT2D eigenvalue weighted by atomic mass is 10.0. The fourth-order valence-electron chi connectivity index (χ4n) is 3.77. The number of fused-ring (bicyclic) bond motifs is 2. The van der Waals surface area contributed by atoms with Crippen molar-refractivity contribution in [3.05, 3.63) is 90.3 Å². The van der Waals surface area contributed by atoms with E-state index in [1.807, 2.05) is 0 Å². The van der Waals surface area contributed by atoms with Gasteiger partial charge in [-0.05, 0) is 54.4 Å². The van der Waals surface area contributed by atoms with E-state index in [1.165, 1.54) is 18.2 Å². The summed E-state index contributed by atoms with van der Waals surface area (Å²) in [4.78, 5) is 44.7. The maximum absolute atomic E-state index is 13.1. The highest BCUT2D eigenvalue weighted by Crippen LogP contribution is 2.32. The number of rotatable bonds is 4. The summed E-state index contributed by atoms with van der Waals surface area (Å²) in [6, 6.07) is 12.8. The first-order valence-corrected chi connectivity index (χ1v) is 11.8. The zero-order valence-electron chi connectivity index (χ0n) is 17.4. The zero-order valence-corrected chi connectivity index (χ0v) is 19.0. The van der Waals surface area contributed by atoms with Crippen molar-refractivity contribution in [1.82, 2.24) is 19.9 Å². The van der Waals surface area contributed by atoms with E-state index in [9.17, 15) is 22.8 Å². The Morgan fingerprint density at radius 3 is 2.12 bits per heavy atom. The number of anilines is 1. The standard InChI is InChI=1S/C22H16ClN5O5S/c1-10-6-16-18(25-21(30)20(29)24-16)9-19(10)34(32,33)28-12-3-4-13(14(23)8-12)11-2-5-15-17(7-11)27-22(31)26-15/h2-9,28H,1H3,(H,24,29)(H,25,30)(H2,26,27,31). The molecule has 2 aromatic heterocycles. The minimum atomic E-state index is -4.05. The highest BCUT2D eigenvalue weighted by atomic mass is 35.5. The molecule has 0 aliphatic heterocycles. The summed E-state index contributed by atoms with van der Waals surface area (Å²) in [5.41, 5.74) is 1.76. The molecule has 0 radical (unpaired) electrons. The number of sulfonamides is 1. The van der Waals surface area contributed by atoms with Gasteiger partial charge in [0.2, 0.25) is 0 Å². The number of benzene rings is 3. The van der Waals surface area contributed by atoms with E-state index in [2.05, 4.69) is 24.7 Å². The topological polar surface area (TPSA) is 161 Å². The van der Waals surface area contributed by atoms with Gasteiger partial charge in [-0.25, -0.2) is 13.2 Å². The Labute approximate surface area is 195 Å². The zero-order chi connectivity index (χ0) is 24.2. The summed E-state index contributed by atoms with van der Waals surface area (Å²) >= 11 is 6.45. The number of imidazole rings is 1. The largest absolute Gasteiger partial charge is 0.323 e. The van der Waals surface area contributed by atoms with Gasteiger partial charge < -0.3 is 19.9 Å². The van der Waals surface area contributed by atoms with E-state index in [0.29, 0.717) is 32.7 Å². The SMILES string of the molecule is Cc1cc2[nH]c(=O)c(=O)[nH]c2cc1S(=O)(=O)Nc1ccc(-c2ccc3[nH]c(=O)[nH]c3c2)c(Cl)c1. The summed E-state index contributed by atoms with van der Waals surface area (Å²) in [6.45, 7) is 1.58. The van der Waals surface area contributed by atoms with Crippen LogP contribution in [0.4, 0.5) is 5.69 Å². The quantitative estimate of drug-likeness (QED) is 0.241. The molecule has 0 unspecified atom stereocenters. The van der Waals surface area contributed by atoms with E-state index in [-0.39, 0.29) is 21.8 Å². The van der Waals surface area contributed by atoms with Gasteiger partial charge in [0.1, 0.15) is 0 Å². The summed E-state index contributed by atoms with van der Waals surface area (Å²) in [6.07, 6.45) is 0. The van der Waals surface area contributed by atoms with Crippen LogP contribution >= 0.6 is 11.6 Å². The van der Waals surface area contributed by atoms with Crippen LogP contribution in [0.2, 0.25) is 5.02 Å².